The Bertz CT molecular complexity index is 1550. The van der Waals surface area contributed by atoms with Crippen molar-refractivity contribution in [1.82, 2.24) is 15.2 Å². The number of methoxy groups -OCH3 is 1. The van der Waals surface area contributed by atoms with E-state index in [4.69, 9.17) is 9.47 Å². The molecule has 1 fully saturated rings. The average molecular weight is 565 g/mol. The number of hydrogen-bond donors (Lipinski definition) is 1. The van der Waals surface area contributed by atoms with Crippen molar-refractivity contribution in [2.45, 2.75) is 56.5 Å². The van der Waals surface area contributed by atoms with Crippen LogP contribution in [0, 0.1) is 13.8 Å². The maximum absolute atomic E-state index is 13.7. The van der Waals surface area contributed by atoms with Gasteiger partial charge in [0.25, 0.3) is 17.7 Å². The second-order valence-corrected chi connectivity index (χ2v) is 11.8. The monoisotopic (exact) mass is 564 g/mol. The molecule has 208 valence electrons. The lowest BCUT2D eigenvalue weighted by atomic mass is 9.68. The Labute approximate surface area is 223 Å². The minimum atomic E-state index is -4.89. The smallest absolute Gasteiger partial charge is 0.435 e. The van der Waals surface area contributed by atoms with E-state index in [1.54, 1.807) is 6.92 Å². The van der Waals surface area contributed by atoms with Crippen LogP contribution in [0.25, 0.3) is 0 Å². The predicted molar refractivity (Wildman–Crippen MR) is 136 cm³/mol. The van der Waals surface area contributed by atoms with Crippen molar-refractivity contribution in [3.05, 3.63) is 58.4 Å². The van der Waals surface area contributed by atoms with Crippen LogP contribution in [0.15, 0.2) is 35.2 Å². The quantitative estimate of drug-likeness (QED) is 0.405. The number of carbonyl (C=O) groups excluding carboxylic acids is 1. The highest BCUT2D eigenvalue weighted by Crippen LogP contribution is 2.45. The van der Waals surface area contributed by atoms with Crippen LogP contribution in [-0.4, -0.2) is 42.9 Å². The van der Waals surface area contributed by atoms with E-state index in [0.29, 0.717) is 5.56 Å². The number of carbonyl (C=O) groups is 1. The molecule has 13 heteroatoms. The zero-order valence-electron chi connectivity index (χ0n) is 21.9. The number of sulfone groups is 1. The average Bonchev–Trinajstić information content (AvgIpc) is 2.82. The number of benzene rings is 1. The number of nitrogens with one attached hydrogen (secondary N) is 1. The minimum Gasteiger partial charge on any atom is -0.478 e. The SMILES string of the molecule is COc1nc(C2(C)CCC2)cc(C)c1Oc1nnc(C(F)(F)F)c(C)c1C(=O)Nc1cccc(S(C)(=O)=O)c1. The van der Waals surface area contributed by atoms with E-state index < -0.39 is 44.6 Å². The van der Waals surface area contributed by atoms with E-state index in [9.17, 15) is 26.4 Å². The van der Waals surface area contributed by atoms with Gasteiger partial charge in [-0.1, -0.05) is 19.4 Å². The van der Waals surface area contributed by atoms with Crippen LogP contribution in [0.4, 0.5) is 18.9 Å². The molecule has 1 amide bonds. The lowest BCUT2D eigenvalue weighted by molar-refractivity contribution is -0.142. The molecule has 0 saturated heterocycles. The highest BCUT2D eigenvalue weighted by molar-refractivity contribution is 7.90. The molecular formula is C26H27F3N4O5S. The van der Waals surface area contributed by atoms with Crippen molar-refractivity contribution in [1.29, 1.82) is 0 Å². The predicted octanol–water partition coefficient (Wildman–Crippen LogP) is 5.41. The van der Waals surface area contributed by atoms with Gasteiger partial charge in [-0.15, -0.1) is 10.2 Å². The van der Waals surface area contributed by atoms with Crippen LogP contribution in [-0.2, 0) is 21.4 Å². The van der Waals surface area contributed by atoms with E-state index in [-0.39, 0.29) is 27.6 Å². The molecule has 39 heavy (non-hydrogen) atoms. The highest BCUT2D eigenvalue weighted by Gasteiger charge is 2.39. The number of aromatic nitrogens is 3. The molecule has 1 aliphatic rings. The molecule has 3 aromatic rings. The van der Waals surface area contributed by atoms with Crippen LogP contribution < -0.4 is 14.8 Å². The summed E-state index contributed by atoms with van der Waals surface area (Å²) in [6, 6.07) is 7.14. The molecule has 1 saturated carbocycles. The first-order chi connectivity index (χ1) is 18.1. The lowest BCUT2D eigenvalue weighted by Crippen LogP contribution is -2.31. The molecule has 1 N–H and O–H groups in total. The summed E-state index contributed by atoms with van der Waals surface area (Å²) in [5.41, 5.74) is -1.10. The van der Waals surface area contributed by atoms with E-state index in [1.165, 1.54) is 31.4 Å². The topological polar surface area (TPSA) is 120 Å². The van der Waals surface area contributed by atoms with Crippen molar-refractivity contribution in [3.63, 3.8) is 0 Å². The van der Waals surface area contributed by atoms with Gasteiger partial charge in [-0.05, 0) is 62.1 Å². The summed E-state index contributed by atoms with van der Waals surface area (Å²) in [6.07, 6.45) is -0.916. The van der Waals surface area contributed by atoms with Crippen molar-refractivity contribution >= 4 is 21.4 Å². The van der Waals surface area contributed by atoms with E-state index in [1.807, 2.05) is 6.07 Å². The molecule has 0 aliphatic heterocycles. The Hall–Kier alpha value is -3.74. The molecule has 0 atom stereocenters. The van der Waals surface area contributed by atoms with Gasteiger partial charge in [0, 0.05) is 17.4 Å². The number of nitrogens with zero attached hydrogens (tertiary/aromatic N) is 3. The van der Waals surface area contributed by atoms with Gasteiger partial charge >= 0.3 is 6.18 Å². The number of alkyl halides is 3. The summed E-state index contributed by atoms with van der Waals surface area (Å²) in [7, 11) is -2.22. The minimum absolute atomic E-state index is 0.0483. The Kier molecular flexibility index (Phi) is 7.32. The summed E-state index contributed by atoms with van der Waals surface area (Å²) >= 11 is 0. The number of pyridine rings is 1. The Morgan fingerprint density at radius 3 is 2.36 bits per heavy atom. The van der Waals surface area contributed by atoms with E-state index in [2.05, 4.69) is 27.4 Å². The van der Waals surface area contributed by atoms with Gasteiger partial charge in [0.15, 0.2) is 21.3 Å². The molecule has 0 unspecified atom stereocenters. The molecule has 0 radical (unpaired) electrons. The van der Waals surface area contributed by atoms with Crippen LogP contribution in [0.5, 0.6) is 17.5 Å². The second kappa shape index (κ2) is 10.1. The second-order valence-electron chi connectivity index (χ2n) is 9.78. The third-order valence-corrected chi connectivity index (χ3v) is 7.91. The molecule has 0 bridgehead atoms. The first-order valence-corrected chi connectivity index (χ1v) is 13.8. The van der Waals surface area contributed by atoms with E-state index >= 15 is 0 Å². The Morgan fingerprint density at radius 1 is 1.10 bits per heavy atom. The van der Waals surface area contributed by atoms with Crippen molar-refractivity contribution in [2.75, 3.05) is 18.7 Å². The molecule has 1 aliphatic carbocycles. The molecular weight excluding hydrogens is 537 g/mol. The number of hydrogen-bond acceptors (Lipinski definition) is 8. The van der Waals surface area contributed by atoms with Gasteiger partial charge < -0.3 is 14.8 Å². The number of rotatable bonds is 7. The molecule has 9 nitrogen and oxygen atoms in total. The van der Waals surface area contributed by atoms with Crippen LogP contribution in [0.3, 0.4) is 0 Å². The zero-order chi connectivity index (χ0) is 28.8. The lowest BCUT2D eigenvalue weighted by Gasteiger charge is -2.38. The molecule has 4 rings (SSSR count). The van der Waals surface area contributed by atoms with Crippen molar-refractivity contribution < 1.29 is 35.9 Å². The van der Waals surface area contributed by atoms with Gasteiger partial charge in [0.1, 0.15) is 5.56 Å². The molecule has 0 spiro atoms. The maximum Gasteiger partial charge on any atom is 0.435 e. The van der Waals surface area contributed by atoms with Crippen LogP contribution in [0.1, 0.15) is 59.1 Å². The normalized spacial score (nSPS) is 14.9. The van der Waals surface area contributed by atoms with Crippen LogP contribution >= 0.6 is 0 Å². The number of aryl methyl sites for hydroxylation is 1. The number of ether oxygens (including phenoxy) is 2. The van der Waals surface area contributed by atoms with Gasteiger partial charge in [-0.25, -0.2) is 13.4 Å². The standard InChI is InChI=1S/C26H27F3N4O5S/c1-14-12-18(25(3)10-7-11-25)31-24(37-4)20(14)38-23-19(15(2)21(32-33-23)26(27,28)29)22(34)30-16-8-6-9-17(13-16)39(5,35)36/h6,8-9,12-13H,7,10-11H2,1-5H3,(H,30,34). The largest absolute Gasteiger partial charge is 0.478 e. The third kappa shape index (κ3) is 5.68. The Balaban J connectivity index is 1.79. The van der Waals surface area contributed by atoms with Gasteiger partial charge in [-0.3, -0.25) is 4.79 Å². The van der Waals surface area contributed by atoms with E-state index in [0.717, 1.165) is 38.1 Å². The summed E-state index contributed by atoms with van der Waals surface area (Å²) in [5.74, 6) is -1.34. The molecule has 2 aromatic heterocycles. The number of anilines is 1. The fraction of sp³-hybridized carbons (Fsp3) is 0.385. The first-order valence-electron chi connectivity index (χ1n) is 11.9. The number of halogens is 3. The maximum atomic E-state index is 13.7. The summed E-state index contributed by atoms with van der Waals surface area (Å²) in [4.78, 5) is 17.8. The fourth-order valence-electron chi connectivity index (χ4n) is 4.37. The van der Waals surface area contributed by atoms with Crippen molar-refractivity contribution in [3.8, 4) is 17.5 Å². The fourth-order valence-corrected chi connectivity index (χ4v) is 5.04. The third-order valence-electron chi connectivity index (χ3n) is 6.80. The van der Waals surface area contributed by atoms with Gasteiger partial charge in [-0.2, -0.15) is 13.2 Å². The zero-order valence-corrected chi connectivity index (χ0v) is 22.7. The molecule has 2 heterocycles. The van der Waals surface area contributed by atoms with Crippen molar-refractivity contribution in [2.24, 2.45) is 0 Å². The number of amides is 1. The highest BCUT2D eigenvalue weighted by atomic mass is 32.2. The van der Waals surface area contributed by atoms with Crippen LogP contribution in [0.2, 0.25) is 0 Å². The van der Waals surface area contributed by atoms with Gasteiger partial charge in [0.2, 0.25) is 0 Å². The summed E-state index contributed by atoms with van der Waals surface area (Å²) < 4.78 is 76.1. The Morgan fingerprint density at radius 2 is 1.79 bits per heavy atom. The summed E-state index contributed by atoms with van der Waals surface area (Å²) in [5, 5.41) is 9.33. The van der Waals surface area contributed by atoms with Gasteiger partial charge in [0.05, 0.1) is 17.7 Å². The first kappa shape index (κ1) is 28.3. The summed E-state index contributed by atoms with van der Waals surface area (Å²) in [6.45, 7) is 4.89. The molecule has 1 aromatic carbocycles.